The minimum Gasteiger partial charge on any atom is -0.394 e. The SMILES string of the molecule is CCC(CO)NC(=O)NCCCc1nc(C)cs1. The molecular weight excluding hydrogens is 250 g/mol. The van der Waals surface area contributed by atoms with Crippen molar-refractivity contribution in [3.8, 4) is 0 Å². The summed E-state index contributed by atoms with van der Waals surface area (Å²) in [6.07, 6.45) is 2.48. The molecule has 0 saturated heterocycles. The lowest BCUT2D eigenvalue weighted by Crippen LogP contribution is -2.43. The van der Waals surface area contributed by atoms with Gasteiger partial charge in [-0.3, -0.25) is 0 Å². The lowest BCUT2D eigenvalue weighted by atomic mass is 10.2. The van der Waals surface area contributed by atoms with Crippen LogP contribution in [0, 0.1) is 6.92 Å². The van der Waals surface area contributed by atoms with E-state index in [0.717, 1.165) is 30.0 Å². The lowest BCUT2D eigenvalue weighted by Gasteiger charge is -2.14. The van der Waals surface area contributed by atoms with Crippen LogP contribution in [-0.4, -0.2) is 35.3 Å². The van der Waals surface area contributed by atoms with E-state index in [1.54, 1.807) is 11.3 Å². The molecule has 0 spiro atoms. The summed E-state index contributed by atoms with van der Waals surface area (Å²) < 4.78 is 0. The van der Waals surface area contributed by atoms with E-state index < -0.39 is 0 Å². The molecule has 3 N–H and O–H groups in total. The van der Waals surface area contributed by atoms with Gasteiger partial charge in [0.25, 0.3) is 0 Å². The Labute approximate surface area is 112 Å². The third-order valence-corrected chi connectivity index (χ3v) is 3.59. The molecule has 18 heavy (non-hydrogen) atoms. The monoisotopic (exact) mass is 271 g/mol. The van der Waals surface area contributed by atoms with Crippen molar-refractivity contribution >= 4 is 17.4 Å². The zero-order valence-electron chi connectivity index (χ0n) is 10.9. The normalized spacial score (nSPS) is 12.2. The van der Waals surface area contributed by atoms with Crippen molar-refractivity contribution in [2.75, 3.05) is 13.2 Å². The van der Waals surface area contributed by atoms with Gasteiger partial charge in [-0.1, -0.05) is 6.92 Å². The zero-order valence-corrected chi connectivity index (χ0v) is 11.7. The molecular formula is C12H21N3O2S. The van der Waals surface area contributed by atoms with Gasteiger partial charge in [0, 0.05) is 24.0 Å². The van der Waals surface area contributed by atoms with Crippen LogP contribution < -0.4 is 10.6 Å². The number of nitrogens with one attached hydrogen (secondary N) is 2. The number of aliphatic hydroxyl groups is 1. The van der Waals surface area contributed by atoms with E-state index in [1.165, 1.54) is 0 Å². The predicted molar refractivity (Wildman–Crippen MR) is 72.9 cm³/mol. The number of aryl methyl sites for hydroxylation is 2. The van der Waals surface area contributed by atoms with Crippen molar-refractivity contribution in [1.29, 1.82) is 0 Å². The highest BCUT2D eigenvalue weighted by Crippen LogP contribution is 2.10. The Bertz CT molecular complexity index is 364. The first-order valence-corrected chi connectivity index (χ1v) is 7.10. The van der Waals surface area contributed by atoms with E-state index in [9.17, 15) is 4.79 Å². The second-order valence-corrected chi connectivity index (χ2v) is 5.12. The number of thiazole rings is 1. The van der Waals surface area contributed by atoms with Gasteiger partial charge in [0.1, 0.15) is 0 Å². The standard InChI is InChI=1S/C12H21N3O2S/c1-3-10(7-16)15-12(17)13-6-4-5-11-14-9(2)8-18-11/h8,10,16H,3-7H2,1-2H3,(H2,13,15,17). The minimum absolute atomic E-state index is 0.0255. The number of urea groups is 1. The number of hydrogen-bond donors (Lipinski definition) is 3. The van der Waals surface area contributed by atoms with E-state index in [2.05, 4.69) is 15.6 Å². The van der Waals surface area contributed by atoms with Gasteiger partial charge in [-0.25, -0.2) is 9.78 Å². The summed E-state index contributed by atoms with van der Waals surface area (Å²) in [5.41, 5.74) is 1.05. The largest absolute Gasteiger partial charge is 0.394 e. The fraction of sp³-hybridized carbons (Fsp3) is 0.667. The van der Waals surface area contributed by atoms with E-state index in [4.69, 9.17) is 5.11 Å². The van der Waals surface area contributed by atoms with Crippen LogP contribution >= 0.6 is 11.3 Å². The minimum atomic E-state index is -0.216. The van der Waals surface area contributed by atoms with Crippen LogP contribution in [-0.2, 0) is 6.42 Å². The maximum Gasteiger partial charge on any atom is 0.315 e. The fourth-order valence-electron chi connectivity index (χ4n) is 1.47. The lowest BCUT2D eigenvalue weighted by molar-refractivity contribution is 0.214. The van der Waals surface area contributed by atoms with Gasteiger partial charge in [-0.2, -0.15) is 0 Å². The Morgan fingerprint density at radius 1 is 1.61 bits per heavy atom. The molecule has 0 saturated carbocycles. The molecule has 1 unspecified atom stereocenters. The van der Waals surface area contributed by atoms with Gasteiger partial charge in [-0.05, 0) is 19.8 Å². The summed E-state index contributed by atoms with van der Waals surface area (Å²) in [7, 11) is 0. The zero-order chi connectivity index (χ0) is 13.4. The third-order valence-electron chi connectivity index (χ3n) is 2.57. The molecule has 1 heterocycles. The number of aromatic nitrogens is 1. The first-order valence-electron chi connectivity index (χ1n) is 6.22. The molecule has 1 atom stereocenters. The van der Waals surface area contributed by atoms with Gasteiger partial charge < -0.3 is 15.7 Å². The highest BCUT2D eigenvalue weighted by Gasteiger charge is 2.07. The van der Waals surface area contributed by atoms with E-state index in [0.29, 0.717) is 6.54 Å². The number of hydrogen-bond acceptors (Lipinski definition) is 4. The van der Waals surface area contributed by atoms with Crippen molar-refractivity contribution in [1.82, 2.24) is 15.6 Å². The Morgan fingerprint density at radius 2 is 2.39 bits per heavy atom. The summed E-state index contributed by atoms with van der Waals surface area (Å²) in [5.74, 6) is 0. The number of nitrogens with zero attached hydrogens (tertiary/aromatic N) is 1. The molecule has 0 aliphatic rings. The first kappa shape index (κ1) is 14.9. The number of aliphatic hydroxyl groups excluding tert-OH is 1. The predicted octanol–water partition coefficient (Wildman–Crippen LogP) is 1.45. The van der Waals surface area contributed by atoms with Gasteiger partial charge in [-0.15, -0.1) is 11.3 Å². The van der Waals surface area contributed by atoms with Crippen LogP contribution in [0.25, 0.3) is 0 Å². The van der Waals surface area contributed by atoms with Crippen LogP contribution in [0.3, 0.4) is 0 Å². The van der Waals surface area contributed by atoms with E-state index in [1.807, 2.05) is 19.2 Å². The molecule has 2 amide bonds. The van der Waals surface area contributed by atoms with Crippen LogP contribution in [0.2, 0.25) is 0 Å². The van der Waals surface area contributed by atoms with E-state index >= 15 is 0 Å². The molecule has 0 radical (unpaired) electrons. The number of amides is 2. The van der Waals surface area contributed by atoms with Crippen LogP contribution in [0.4, 0.5) is 4.79 Å². The molecule has 1 aromatic rings. The summed E-state index contributed by atoms with van der Waals surface area (Å²) >= 11 is 1.65. The van der Waals surface area contributed by atoms with Gasteiger partial charge >= 0.3 is 6.03 Å². The van der Waals surface area contributed by atoms with Crippen LogP contribution in [0.15, 0.2) is 5.38 Å². The molecule has 0 aliphatic heterocycles. The van der Waals surface area contributed by atoms with Gasteiger partial charge in [0.15, 0.2) is 0 Å². The average Bonchev–Trinajstić information content (AvgIpc) is 2.77. The molecule has 1 aromatic heterocycles. The maximum atomic E-state index is 11.4. The fourth-order valence-corrected chi connectivity index (χ4v) is 2.29. The summed E-state index contributed by atoms with van der Waals surface area (Å²) in [6, 6.07) is -0.377. The van der Waals surface area contributed by atoms with E-state index in [-0.39, 0.29) is 18.7 Å². The number of carbonyl (C=O) groups is 1. The summed E-state index contributed by atoms with van der Waals surface area (Å²) in [5, 5.41) is 17.6. The van der Waals surface area contributed by atoms with Crippen molar-refractivity contribution in [3.05, 3.63) is 16.1 Å². The van der Waals surface area contributed by atoms with Crippen molar-refractivity contribution < 1.29 is 9.90 Å². The number of rotatable bonds is 7. The Hall–Kier alpha value is -1.14. The third kappa shape index (κ3) is 5.46. The molecule has 0 fully saturated rings. The summed E-state index contributed by atoms with van der Waals surface area (Å²) in [6.45, 7) is 4.49. The van der Waals surface area contributed by atoms with Crippen molar-refractivity contribution in [2.45, 2.75) is 39.2 Å². The van der Waals surface area contributed by atoms with Gasteiger partial charge in [0.05, 0.1) is 17.7 Å². The highest BCUT2D eigenvalue weighted by atomic mass is 32.1. The van der Waals surface area contributed by atoms with Crippen LogP contribution in [0.5, 0.6) is 0 Å². The van der Waals surface area contributed by atoms with Crippen molar-refractivity contribution in [3.63, 3.8) is 0 Å². The van der Waals surface area contributed by atoms with Crippen LogP contribution in [0.1, 0.15) is 30.5 Å². The second-order valence-electron chi connectivity index (χ2n) is 4.17. The topological polar surface area (TPSA) is 74.2 Å². The second kappa shape index (κ2) is 8.05. The molecule has 0 bridgehead atoms. The first-order chi connectivity index (χ1) is 8.65. The highest BCUT2D eigenvalue weighted by molar-refractivity contribution is 7.09. The molecule has 0 aliphatic carbocycles. The molecule has 0 aromatic carbocycles. The Kier molecular flexibility index (Phi) is 6.67. The quantitative estimate of drug-likeness (QED) is 0.657. The Balaban J connectivity index is 2.12. The maximum absolute atomic E-state index is 11.4. The smallest absolute Gasteiger partial charge is 0.315 e. The number of carbonyl (C=O) groups excluding carboxylic acids is 1. The Morgan fingerprint density at radius 3 is 2.94 bits per heavy atom. The van der Waals surface area contributed by atoms with Crippen molar-refractivity contribution in [2.24, 2.45) is 0 Å². The molecule has 1 rings (SSSR count). The molecule has 6 heteroatoms. The summed E-state index contributed by atoms with van der Waals surface area (Å²) in [4.78, 5) is 15.8. The molecule has 5 nitrogen and oxygen atoms in total. The van der Waals surface area contributed by atoms with Gasteiger partial charge in [0.2, 0.25) is 0 Å². The average molecular weight is 271 g/mol. The molecule has 102 valence electrons.